The van der Waals surface area contributed by atoms with E-state index in [1.54, 1.807) is 17.0 Å². The van der Waals surface area contributed by atoms with Crippen molar-refractivity contribution in [3.8, 4) is 0 Å². The third-order valence-electron chi connectivity index (χ3n) is 4.44. The van der Waals surface area contributed by atoms with Crippen LogP contribution in [0.5, 0.6) is 0 Å². The highest BCUT2D eigenvalue weighted by Gasteiger charge is 2.28. The molecule has 0 fully saturated rings. The van der Waals surface area contributed by atoms with E-state index < -0.39 is 6.04 Å². The molecular weight excluding hydrogens is 343 g/mol. The molecule has 2 aromatic carbocycles. The van der Waals surface area contributed by atoms with E-state index in [1.807, 2.05) is 45.0 Å². The van der Waals surface area contributed by atoms with Gasteiger partial charge in [0.2, 0.25) is 11.8 Å². The van der Waals surface area contributed by atoms with Crippen LogP contribution in [0.25, 0.3) is 0 Å². The van der Waals surface area contributed by atoms with E-state index in [0.717, 1.165) is 16.7 Å². The zero-order valence-corrected chi connectivity index (χ0v) is 16.2. The Bertz CT molecular complexity index is 774. The Kier molecular flexibility index (Phi) is 7.53. The van der Waals surface area contributed by atoms with Crippen LogP contribution in [0.2, 0.25) is 0 Å². The maximum absolute atomic E-state index is 13.2. The highest BCUT2D eigenvalue weighted by molar-refractivity contribution is 5.88. The first kappa shape index (κ1) is 20.6. The van der Waals surface area contributed by atoms with Crippen molar-refractivity contribution in [3.05, 3.63) is 71.0 Å². The Labute approximate surface area is 160 Å². The number of likely N-dealkylation sites (N-methyl/N-ethyl adjacent to an activating group) is 1. The highest BCUT2D eigenvalue weighted by Crippen LogP contribution is 2.15. The van der Waals surface area contributed by atoms with Gasteiger partial charge in [0.25, 0.3) is 0 Å². The maximum atomic E-state index is 13.2. The first-order chi connectivity index (χ1) is 12.9. The van der Waals surface area contributed by atoms with E-state index in [4.69, 9.17) is 0 Å². The van der Waals surface area contributed by atoms with E-state index in [1.165, 1.54) is 12.1 Å². The molecule has 1 N–H and O–H groups in total. The summed E-state index contributed by atoms with van der Waals surface area (Å²) in [4.78, 5) is 27.2. The molecule has 0 saturated heterocycles. The minimum atomic E-state index is -0.563. The average molecular weight is 370 g/mol. The number of rotatable bonds is 8. The second-order valence-electron chi connectivity index (χ2n) is 6.63. The smallest absolute Gasteiger partial charge is 0.242 e. The van der Waals surface area contributed by atoms with E-state index in [9.17, 15) is 14.0 Å². The van der Waals surface area contributed by atoms with Crippen LogP contribution >= 0.6 is 0 Å². The summed E-state index contributed by atoms with van der Waals surface area (Å²) < 4.78 is 13.2. The van der Waals surface area contributed by atoms with Crippen LogP contribution in [0.4, 0.5) is 4.39 Å². The van der Waals surface area contributed by atoms with Gasteiger partial charge in [-0.15, -0.1) is 0 Å². The lowest BCUT2D eigenvalue weighted by atomic mass is 10.1. The molecule has 0 saturated carbocycles. The number of hydrogen-bond acceptors (Lipinski definition) is 2. The molecule has 27 heavy (non-hydrogen) atoms. The Morgan fingerprint density at radius 3 is 2.37 bits per heavy atom. The molecule has 0 aliphatic heterocycles. The second kappa shape index (κ2) is 9.86. The van der Waals surface area contributed by atoms with Crippen LogP contribution in [0.3, 0.4) is 0 Å². The topological polar surface area (TPSA) is 49.4 Å². The lowest BCUT2D eigenvalue weighted by molar-refractivity contribution is -0.140. The van der Waals surface area contributed by atoms with Gasteiger partial charge in [-0.1, -0.05) is 48.9 Å². The molecule has 0 bridgehead atoms. The third-order valence-corrected chi connectivity index (χ3v) is 4.44. The van der Waals surface area contributed by atoms with Gasteiger partial charge in [-0.2, -0.15) is 0 Å². The number of carbonyl (C=O) groups is 2. The number of nitrogens with zero attached hydrogens (tertiary/aromatic N) is 1. The molecule has 2 rings (SSSR count). The Morgan fingerprint density at radius 2 is 1.78 bits per heavy atom. The lowest BCUT2D eigenvalue weighted by Gasteiger charge is -2.30. The molecular formula is C22H27FN2O2. The third kappa shape index (κ3) is 5.91. The van der Waals surface area contributed by atoms with E-state index >= 15 is 0 Å². The van der Waals surface area contributed by atoms with Crippen molar-refractivity contribution in [2.75, 3.05) is 6.54 Å². The standard InChI is InChI=1S/C22H27FN2O2/c1-4-20(22(27)24-5-2)25(15-17-9-11-19(23)12-10-17)21(26)14-18-8-6-7-16(3)13-18/h6-13,20H,4-5,14-15H2,1-3H3,(H,24,27)/t20-/m1/s1. The summed E-state index contributed by atoms with van der Waals surface area (Å²) in [6, 6.07) is 13.2. The molecule has 2 amide bonds. The Morgan fingerprint density at radius 1 is 1.07 bits per heavy atom. The minimum absolute atomic E-state index is 0.122. The Balaban J connectivity index is 2.27. The molecule has 0 heterocycles. The molecule has 144 valence electrons. The normalized spacial score (nSPS) is 11.7. The Hall–Kier alpha value is -2.69. The number of benzene rings is 2. The van der Waals surface area contributed by atoms with E-state index in [-0.39, 0.29) is 30.6 Å². The first-order valence-corrected chi connectivity index (χ1v) is 9.31. The number of nitrogens with one attached hydrogen (secondary N) is 1. The number of aryl methyl sites for hydroxylation is 1. The lowest BCUT2D eigenvalue weighted by Crippen LogP contribution is -2.49. The average Bonchev–Trinajstić information content (AvgIpc) is 2.63. The molecule has 0 radical (unpaired) electrons. The molecule has 0 spiro atoms. The van der Waals surface area contributed by atoms with Crippen molar-refractivity contribution >= 4 is 11.8 Å². The molecule has 2 aromatic rings. The zero-order valence-electron chi connectivity index (χ0n) is 16.2. The van der Waals surface area contributed by atoms with Crippen molar-refractivity contribution in [3.63, 3.8) is 0 Å². The SMILES string of the molecule is CCNC(=O)[C@@H](CC)N(Cc1ccc(F)cc1)C(=O)Cc1cccc(C)c1. The van der Waals surface area contributed by atoms with Crippen LogP contribution in [-0.4, -0.2) is 29.3 Å². The number of halogens is 1. The van der Waals surface area contributed by atoms with Gasteiger partial charge < -0.3 is 10.2 Å². The fourth-order valence-corrected chi connectivity index (χ4v) is 3.10. The summed E-state index contributed by atoms with van der Waals surface area (Å²) in [7, 11) is 0. The van der Waals surface area contributed by atoms with Crippen molar-refractivity contribution in [1.29, 1.82) is 0 Å². The molecule has 0 aliphatic rings. The van der Waals surface area contributed by atoms with Crippen LogP contribution in [0, 0.1) is 12.7 Å². The number of carbonyl (C=O) groups excluding carboxylic acids is 2. The fraction of sp³-hybridized carbons (Fsp3) is 0.364. The second-order valence-corrected chi connectivity index (χ2v) is 6.63. The summed E-state index contributed by atoms with van der Waals surface area (Å²) in [5.41, 5.74) is 2.78. The predicted octanol–water partition coefficient (Wildman–Crippen LogP) is 3.62. The first-order valence-electron chi connectivity index (χ1n) is 9.31. The summed E-state index contributed by atoms with van der Waals surface area (Å²) in [6.45, 7) is 6.49. The van der Waals surface area contributed by atoms with Gasteiger partial charge in [0.1, 0.15) is 11.9 Å². The predicted molar refractivity (Wildman–Crippen MR) is 105 cm³/mol. The van der Waals surface area contributed by atoms with E-state index in [0.29, 0.717) is 13.0 Å². The number of hydrogen-bond donors (Lipinski definition) is 1. The van der Waals surface area contributed by atoms with Gasteiger partial charge >= 0.3 is 0 Å². The summed E-state index contributed by atoms with van der Waals surface area (Å²) in [5, 5.41) is 2.81. The van der Waals surface area contributed by atoms with Gasteiger partial charge in [-0.05, 0) is 43.5 Å². The van der Waals surface area contributed by atoms with Crippen molar-refractivity contribution in [2.24, 2.45) is 0 Å². The molecule has 4 nitrogen and oxygen atoms in total. The van der Waals surface area contributed by atoms with Gasteiger partial charge in [0.05, 0.1) is 6.42 Å². The van der Waals surface area contributed by atoms with Crippen LogP contribution in [-0.2, 0) is 22.6 Å². The van der Waals surface area contributed by atoms with Gasteiger partial charge in [-0.25, -0.2) is 4.39 Å². The molecule has 0 aromatic heterocycles. The summed E-state index contributed by atoms with van der Waals surface area (Å²) >= 11 is 0. The van der Waals surface area contributed by atoms with E-state index in [2.05, 4.69) is 5.32 Å². The molecule has 0 unspecified atom stereocenters. The van der Waals surface area contributed by atoms with Crippen LogP contribution in [0.1, 0.15) is 37.0 Å². The van der Waals surface area contributed by atoms with Crippen LogP contribution in [0.15, 0.2) is 48.5 Å². The highest BCUT2D eigenvalue weighted by atomic mass is 19.1. The van der Waals surface area contributed by atoms with Gasteiger partial charge in [0.15, 0.2) is 0 Å². The number of amides is 2. The maximum Gasteiger partial charge on any atom is 0.242 e. The quantitative estimate of drug-likeness (QED) is 0.772. The zero-order chi connectivity index (χ0) is 19.8. The van der Waals surface area contributed by atoms with Crippen molar-refractivity contribution < 1.29 is 14.0 Å². The largest absolute Gasteiger partial charge is 0.355 e. The van der Waals surface area contributed by atoms with Crippen molar-refractivity contribution in [1.82, 2.24) is 10.2 Å². The summed E-state index contributed by atoms with van der Waals surface area (Å²) in [6.07, 6.45) is 0.728. The molecule has 5 heteroatoms. The fourth-order valence-electron chi connectivity index (χ4n) is 3.10. The minimum Gasteiger partial charge on any atom is -0.355 e. The molecule has 0 aliphatic carbocycles. The van der Waals surface area contributed by atoms with Crippen LogP contribution < -0.4 is 5.32 Å². The monoisotopic (exact) mass is 370 g/mol. The van der Waals surface area contributed by atoms with Crippen molar-refractivity contribution in [2.45, 2.75) is 46.2 Å². The summed E-state index contributed by atoms with van der Waals surface area (Å²) in [5.74, 6) is -0.616. The van der Waals surface area contributed by atoms with Gasteiger partial charge in [0, 0.05) is 13.1 Å². The molecule has 1 atom stereocenters. The van der Waals surface area contributed by atoms with Gasteiger partial charge in [-0.3, -0.25) is 9.59 Å².